The van der Waals surface area contributed by atoms with E-state index in [1.807, 2.05) is 31.2 Å². The molecule has 0 aliphatic carbocycles. The van der Waals surface area contributed by atoms with E-state index < -0.39 is 0 Å². The fraction of sp³-hybridized carbons (Fsp3) is 0.214. The fourth-order valence-corrected chi connectivity index (χ4v) is 2.53. The van der Waals surface area contributed by atoms with Gasteiger partial charge in [0, 0.05) is 11.7 Å². The largest absolute Gasteiger partial charge is 0.304 e. The monoisotopic (exact) mass is 273 g/mol. The van der Waals surface area contributed by atoms with Crippen LogP contribution in [0.1, 0.15) is 23.0 Å². The van der Waals surface area contributed by atoms with Gasteiger partial charge in [0.1, 0.15) is 0 Å². The number of anilines is 1. The Labute approximate surface area is 116 Å². The molecule has 96 valence electrons. The average Bonchev–Trinajstić information content (AvgIpc) is 2.74. The maximum atomic E-state index is 12.5. The molecule has 4 nitrogen and oxygen atoms in total. The van der Waals surface area contributed by atoms with Crippen LogP contribution in [0.25, 0.3) is 0 Å². The van der Waals surface area contributed by atoms with Crippen LogP contribution in [0.15, 0.2) is 36.4 Å². The molecule has 0 spiro atoms. The van der Waals surface area contributed by atoms with Crippen molar-refractivity contribution in [1.82, 2.24) is 10.2 Å². The summed E-state index contributed by atoms with van der Waals surface area (Å²) in [5.41, 5.74) is 2.45. The first-order chi connectivity index (χ1) is 9.16. The van der Waals surface area contributed by atoms with Gasteiger partial charge in [0.05, 0.1) is 0 Å². The smallest absolute Gasteiger partial charge is 0.279 e. The second-order valence-corrected chi connectivity index (χ2v) is 4.99. The lowest BCUT2D eigenvalue weighted by Crippen LogP contribution is -2.36. The Morgan fingerprint density at radius 2 is 2.05 bits per heavy atom. The molecule has 2 aromatic rings. The van der Waals surface area contributed by atoms with Gasteiger partial charge in [0.2, 0.25) is 0 Å². The van der Waals surface area contributed by atoms with E-state index in [-0.39, 0.29) is 17.1 Å². The highest BCUT2D eigenvalue weighted by Gasteiger charge is 2.31. The van der Waals surface area contributed by atoms with Crippen molar-refractivity contribution in [3.8, 4) is 0 Å². The molecular formula is C14H12ClN3O. The Morgan fingerprint density at radius 3 is 2.79 bits per heavy atom. The summed E-state index contributed by atoms with van der Waals surface area (Å²) in [6, 6.07) is 11.2. The predicted octanol–water partition coefficient (Wildman–Crippen LogP) is 2.72. The molecule has 0 bridgehead atoms. The zero-order valence-corrected chi connectivity index (χ0v) is 11.1. The van der Waals surface area contributed by atoms with Gasteiger partial charge in [-0.15, -0.1) is 10.2 Å². The number of para-hydroxylation sites is 1. The lowest BCUT2D eigenvalue weighted by Gasteiger charge is -2.21. The summed E-state index contributed by atoms with van der Waals surface area (Å²) < 4.78 is 0. The molecule has 1 aromatic carbocycles. The molecule has 1 atom stereocenters. The third-order valence-corrected chi connectivity index (χ3v) is 3.48. The third kappa shape index (κ3) is 2.08. The highest BCUT2D eigenvalue weighted by atomic mass is 35.5. The summed E-state index contributed by atoms with van der Waals surface area (Å²) in [5.74, 6) is -0.137. The molecule has 2 heterocycles. The second kappa shape index (κ2) is 4.63. The maximum Gasteiger partial charge on any atom is 0.279 e. The number of hydrogen-bond donors (Lipinski definition) is 0. The minimum Gasteiger partial charge on any atom is -0.304 e. The van der Waals surface area contributed by atoms with Crippen LogP contribution in [0.2, 0.25) is 5.15 Å². The van der Waals surface area contributed by atoms with E-state index in [0.29, 0.717) is 5.69 Å². The molecule has 1 aliphatic heterocycles. The lowest BCUT2D eigenvalue weighted by atomic mass is 10.1. The number of halogens is 1. The van der Waals surface area contributed by atoms with E-state index in [2.05, 4.69) is 10.2 Å². The minimum absolute atomic E-state index is 0.127. The second-order valence-electron chi connectivity index (χ2n) is 4.60. The van der Waals surface area contributed by atoms with E-state index in [0.717, 1.165) is 12.1 Å². The van der Waals surface area contributed by atoms with Gasteiger partial charge in [-0.1, -0.05) is 29.8 Å². The molecule has 1 aliphatic rings. The number of carbonyl (C=O) groups is 1. The van der Waals surface area contributed by atoms with Gasteiger partial charge in [-0.05, 0) is 37.1 Å². The molecule has 5 heteroatoms. The summed E-state index contributed by atoms with van der Waals surface area (Å²) in [6.45, 7) is 2.03. The van der Waals surface area contributed by atoms with E-state index in [4.69, 9.17) is 11.6 Å². The van der Waals surface area contributed by atoms with Gasteiger partial charge in [0.15, 0.2) is 10.8 Å². The van der Waals surface area contributed by atoms with Crippen molar-refractivity contribution in [1.29, 1.82) is 0 Å². The van der Waals surface area contributed by atoms with Crippen LogP contribution in [-0.4, -0.2) is 22.1 Å². The molecule has 0 fully saturated rings. The molecule has 1 unspecified atom stereocenters. The van der Waals surface area contributed by atoms with Crippen LogP contribution in [0, 0.1) is 0 Å². The highest BCUT2D eigenvalue weighted by molar-refractivity contribution is 6.29. The molecule has 3 rings (SSSR count). The van der Waals surface area contributed by atoms with Crippen LogP contribution in [0.3, 0.4) is 0 Å². The number of nitrogens with zero attached hydrogens (tertiary/aromatic N) is 3. The van der Waals surface area contributed by atoms with E-state index in [1.165, 1.54) is 5.56 Å². The summed E-state index contributed by atoms with van der Waals surface area (Å²) in [7, 11) is 0. The van der Waals surface area contributed by atoms with Crippen molar-refractivity contribution >= 4 is 23.2 Å². The van der Waals surface area contributed by atoms with Crippen LogP contribution in [0.5, 0.6) is 0 Å². The standard InChI is InChI=1S/C14H12ClN3O/c1-9-8-10-4-2-3-5-12(10)18(9)14(19)11-6-7-13(15)17-16-11/h2-7,9H,8H2,1H3. The molecule has 0 saturated carbocycles. The van der Waals surface area contributed by atoms with Crippen molar-refractivity contribution in [2.75, 3.05) is 4.90 Å². The van der Waals surface area contributed by atoms with Crippen molar-refractivity contribution < 1.29 is 4.79 Å². The number of fused-ring (bicyclic) bond motifs is 1. The van der Waals surface area contributed by atoms with Gasteiger partial charge in [-0.3, -0.25) is 4.79 Å². The lowest BCUT2D eigenvalue weighted by molar-refractivity contribution is 0.0975. The van der Waals surface area contributed by atoms with Gasteiger partial charge >= 0.3 is 0 Å². The normalized spacial score (nSPS) is 17.4. The number of benzene rings is 1. The van der Waals surface area contributed by atoms with Crippen LogP contribution in [0.4, 0.5) is 5.69 Å². The summed E-state index contributed by atoms with van der Waals surface area (Å²) in [4.78, 5) is 14.3. The van der Waals surface area contributed by atoms with Crippen molar-refractivity contribution in [2.24, 2.45) is 0 Å². The molecule has 0 radical (unpaired) electrons. The Morgan fingerprint density at radius 1 is 1.26 bits per heavy atom. The van der Waals surface area contributed by atoms with E-state index >= 15 is 0 Å². The SMILES string of the molecule is CC1Cc2ccccc2N1C(=O)c1ccc(Cl)nn1. The van der Waals surface area contributed by atoms with Crippen LogP contribution >= 0.6 is 11.6 Å². The molecule has 0 N–H and O–H groups in total. The Balaban J connectivity index is 1.98. The Bertz CT molecular complexity index is 627. The zero-order valence-electron chi connectivity index (χ0n) is 10.4. The van der Waals surface area contributed by atoms with Crippen LogP contribution < -0.4 is 4.90 Å². The van der Waals surface area contributed by atoms with Crippen molar-refractivity contribution in [3.63, 3.8) is 0 Å². The summed E-state index contributed by atoms with van der Waals surface area (Å²) in [5, 5.41) is 7.86. The number of rotatable bonds is 1. The van der Waals surface area contributed by atoms with E-state index in [1.54, 1.807) is 17.0 Å². The fourth-order valence-electron chi connectivity index (χ4n) is 2.43. The number of carbonyl (C=O) groups excluding carboxylic acids is 1. The van der Waals surface area contributed by atoms with E-state index in [9.17, 15) is 4.79 Å². The first-order valence-corrected chi connectivity index (χ1v) is 6.45. The number of amides is 1. The minimum atomic E-state index is -0.137. The molecule has 19 heavy (non-hydrogen) atoms. The Kier molecular flexibility index (Phi) is 2.95. The highest BCUT2D eigenvalue weighted by Crippen LogP contribution is 2.32. The topological polar surface area (TPSA) is 46.1 Å². The molecule has 1 aromatic heterocycles. The summed E-state index contributed by atoms with van der Waals surface area (Å²) >= 11 is 5.69. The predicted molar refractivity (Wildman–Crippen MR) is 73.5 cm³/mol. The van der Waals surface area contributed by atoms with Crippen molar-refractivity contribution in [3.05, 3.63) is 52.8 Å². The Hall–Kier alpha value is -1.94. The number of hydrogen-bond acceptors (Lipinski definition) is 3. The van der Waals surface area contributed by atoms with Gasteiger partial charge in [0.25, 0.3) is 5.91 Å². The van der Waals surface area contributed by atoms with Gasteiger partial charge in [-0.25, -0.2) is 0 Å². The first kappa shape index (κ1) is 12.1. The quantitative estimate of drug-likeness (QED) is 0.803. The molecule has 1 amide bonds. The van der Waals surface area contributed by atoms with Crippen molar-refractivity contribution in [2.45, 2.75) is 19.4 Å². The molecule has 0 saturated heterocycles. The average molecular weight is 274 g/mol. The number of aromatic nitrogens is 2. The summed E-state index contributed by atoms with van der Waals surface area (Å²) in [6.07, 6.45) is 0.864. The maximum absolute atomic E-state index is 12.5. The third-order valence-electron chi connectivity index (χ3n) is 3.28. The first-order valence-electron chi connectivity index (χ1n) is 6.07. The van der Waals surface area contributed by atoms with Gasteiger partial charge < -0.3 is 4.90 Å². The van der Waals surface area contributed by atoms with Gasteiger partial charge in [-0.2, -0.15) is 0 Å². The van der Waals surface area contributed by atoms with Crippen LogP contribution in [-0.2, 0) is 6.42 Å². The molecular weight excluding hydrogens is 262 g/mol. The zero-order chi connectivity index (χ0) is 13.4.